The molecule has 2 saturated heterocycles. The topological polar surface area (TPSA) is 72.9 Å². The highest BCUT2D eigenvalue weighted by Gasteiger charge is 2.43. The van der Waals surface area contributed by atoms with Crippen LogP contribution in [0.4, 0.5) is 0 Å². The summed E-state index contributed by atoms with van der Waals surface area (Å²) in [7, 11) is 2.77. The van der Waals surface area contributed by atoms with Crippen molar-refractivity contribution in [2.75, 3.05) is 20.8 Å². The number of methoxy groups -OCH3 is 2. The van der Waals surface area contributed by atoms with Crippen LogP contribution in [0.2, 0.25) is 0 Å². The molecule has 6 heteroatoms. The fourth-order valence-corrected chi connectivity index (χ4v) is 3.38. The molecule has 0 N–H and O–H groups in total. The standard InChI is InChI=1S/C14H21NO5/c1-19-13(17)3-4-15-10-5-9(14(18)20-2)6-11(15)8-12(16)7-10/h9-11H,3-8H2,1-2H3. The van der Waals surface area contributed by atoms with E-state index in [9.17, 15) is 14.4 Å². The average Bonchev–Trinajstić information content (AvgIpc) is 2.43. The number of piperidine rings is 2. The highest BCUT2D eigenvalue weighted by atomic mass is 16.5. The minimum atomic E-state index is -0.246. The molecule has 2 rings (SSSR count). The van der Waals surface area contributed by atoms with Crippen molar-refractivity contribution in [1.82, 2.24) is 4.90 Å². The summed E-state index contributed by atoms with van der Waals surface area (Å²) in [5.41, 5.74) is 0. The summed E-state index contributed by atoms with van der Waals surface area (Å²) < 4.78 is 9.47. The van der Waals surface area contributed by atoms with E-state index in [1.54, 1.807) is 0 Å². The summed E-state index contributed by atoms with van der Waals surface area (Å²) in [5, 5.41) is 0. The Morgan fingerprint density at radius 3 is 2.25 bits per heavy atom. The minimum Gasteiger partial charge on any atom is -0.469 e. The Bertz CT molecular complexity index is 390. The predicted molar refractivity (Wildman–Crippen MR) is 69.9 cm³/mol. The molecule has 6 nitrogen and oxygen atoms in total. The van der Waals surface area contributed by atoms with Crippen molar-refractivity contribution in [1.29, 1.82) is 0 Å². The van der Waals surface area contributed by atoms with Crippen molar-refractivity contribution >= 4 is 17.7 Å². The molecule has 0 aliphatic carbocycles. The van der Waals surface area contributed by atoms with Crippen molar-refractivity contribution in [3.05, 3.63) is 0 Å². The fourth-order valence-electron chi connectivity index (χ4n) is 3.38. The van der Waals surface area contributed by atoms with Gasteiger partial charge in [0.1, 0.15) is 5.78 Å². The SMILES string of the molecule is COC(=O)CCN1C2CC(=O)CC1CC(C(=O)OC)C2. The molecule has 112 valence electrons. The number of nitrogens with zero attached hydrogens (tertiary/aromatic N) is 1. The first-order valence-electron chi connectivity index (χ1n) is 6.97. The van der Waals surface area contributed by atoms with Gasteiger partial charge in [0, 0.05) is 31.5 Å². The molecule has 2 heterocycles. The van der Waals surface area contributed by atoms with Crippen LogP contribution >= 0.6 is 0 Å². The van der Waals surface area contributed by atoms with Crippen LogP contribution in [0.1, 0.15) is 32.1 Å². The molecule has 0 aromatic heterocycles. The number of fused-ring (bicyclic) bond motifs is 2. The molecule has 0 saturated carbocycles. The van der Waals surface area contributed by atoms with Gasteiger partial charge in [-0.05, 0) is 12.8 Å². The van der Waals surface area contributed by atoms with Crippen LogP contribution in [0.15, 0.2) is 0 Å². The normalized spacial score (nSPS) is 29.9. The van der Waals surface area contributed by atoms with Gasteiger partial charge in [-0.2, -0.15) is 0 Å². The molecule has 0 radical (unpaired) electrons. The second-order valence-electron chi connectivity index (χ2n) is 5.51. The fraction of sp³-hybridized carbons (Fsp3) is 0.786. The molecule has 20 heavy (non-hydrogen) atoms. The van der Waals surface area contributed by atoms with E-state index in [0.717, 1.165) is 0 Å². The van der Waals surface area contributed by atoms with E-state index in [2.05, 4.69) is 9.64 Å². The van der Waals surface area contributed by atoms with Gasteiger partial charge in [0.2, 0.25) is 0 Å². The Hall–Kier alpha value is -1.43. The van der Waals surface area contributed by atoms with Gasteiger partial charge in [-0.15, -0.1) is 0 Å². The van der Waals surface area contributed by atoms with Crippen LogP contribution in [0.3, 0.4) is 0 Å². The molecular formula is C14H21NO5. The van der Waals surface area contributed by atoms with Gasteiger partial charge in [-0.1, -0.05) is 0 Å². The quantitative estimate of drug-likeness (QED) is 0.701. The second-order valence-corrected chi connectivity index (χ2v) is 5.51. The Labute approximate surface area is 118 Å². The lowest BCUT2D eigenvalue weighted by atomic mass is 9.78. The molecule has 2 unspecified atom stereocenters. The third kappa shape index (κ3) is 3.17. The molecule has 0 spiro atoms. The van der Waals surface area contributed by atoms with Crippen LogP contribution in [-0.2, 0) is 23.9 Å². The Balaban J connectivity index is 2.02. The molecule has 0 aromatic rings. The van der Waals surface area contributed by atoms with E-state index >= 15 is 0 Å². The summed E-state index contributed by atoms with van der Waals surface area (Å²) >= 11 is 0. The van der Waals surface area contributed by atoms with Crippen molar-refractivity contribution in [2.24, 2.45) is 5.92 Å². The number of carbonyl (C=O) groups excluding carboxylic acids is 3. The largest absolute Gasteiger partial charge is 0.469 e. The summed E-state index contributed by atoms with van der Waals surface area (Å²) in [6.07, 6.45) is 2.52. The highest BCUT2D eigenvalue weighted by Crippen LogP contribution is 2.36. The molecule has 0 amide bonds. The Kier molecular flexibility index (Phi) is 4.75. The van der Waals surface area contributed by atoms with E-state index in [0.29, 0.717) is 38.6 Å². The van der Waals surface area contributed by atoms with Gasteiger partial charge in [-0.25, -0.2) is 0 Å². The van der Waals surface area contributed by atoms with Crippen molar-refractivity contribution in [2.45, 2.75) is 44.2 Å². The monoisotopic (exact) mass is 283 g/mol. The molecule has 2 fully saturated rings. The first kappa shape index (κ1) is 15.0. The third-order valence-corrected chi connectivity index (χ3v) is 4.31. The number of ether oxygens (including phenoxy) is 2. The van der Waals surface area contributed by atoms with E-state index < -0.39 is 0 Å². The predicted octanol–water partition coefficient (Wildman–Crippen LogP) is 0.535. The van der Waals surface area contributed by atoms with Crippen LogP contribution < -0.4 is 0 Å². The van der Waals surface area contributed by atoms with Gasteiger partial charge in [-0.3, -0.25) is 19.3 Å². The van der Waals surface area contributed by atoms with Gasteiger partial charge in [0.15, 0.2) is 0 Å². The van der Waals surface area contributed by atoms with Crippen LogP contribution in [0.5, 0.6) is 0 Å². The van der Waals surface area contributed by atoms with Gasteiger partial charge in [0.25, 0.3) is 0 Å². The van der Waals surface area contributed by atoms with E-state index in [1.807, 2.05) is 0 Å². The van der Waals surface area contributed by atoms with Gasteiger partial charge >= 0.3 is 11.9 Å². The number of hydrogen-bond donors (Lipinski definition) is 0. The Morgan fingerprint density at radius 2 is 1.75 bits per heavy atom. The zero-order chi connectivity index (χ0) is 14.7. The maximum atomic E-state index is 11.7. The lowest BCUT2D eigenvalue weighted by Gasteiger charge is -2.47. The van der Waals surface area contributed by atoms with Crippen molar-refractivity contribution in [3.63, 3.8) is 0 Å². The van der Waals surface area contributed by atoms with Gasteiger partial charge < -0.3 is 9.47 Å². The molecule has 2 bridgehead atoms. The maximum absolute atomic E-state index is 11.7. The number of carbonyl (C=O) groups is 3. The van der Waals surface area contributed by atoms with E-state index in [-0.39, 0.29) is 35.7 Å². The molecule has 2 aliphatic heterocycles. The van der Waals surface area contributed by atoms with Crippen LogP contribution in [0.25, 0.3) is 0 Å². The maximum Gasteiger partial charge on any atom is 0.308 e. The average molecular weight is 283 g/mol. The van der Waals surface area contributed by atoms with E-state index in [1.165, 1.54) is 14.2 Å². The number of rotatable bonds is 4. The second kappa shape index (κ2) is 6.35. The lowest BCUT2D eigenvalue weighted by molar-refractivity contribution is -0.152. The summed E-state index contributed by atoms with van der Waals surface area (Å²) in [4.78, 5) is 36.9. The Morgan fingerprint density at radius 1 is 1.15 bits per heavy atom. The third-order valence-electron chi connectivity index (χ3n) is 4.31. The van der Waals surface area contributed by atoms with Crippen molar-refractivity contribution in [3.8, 4) is 0 Å². The number of ketones is 1. The van der Waals surface area contributed by atoms with E-state index in [4.69, 9.17) is 4.74 Å². The first-order chi connectivity index (χ1) is 9.55. The zero-order valence-electron chi connectivity index (χ0n) is 12.0. The zero-order valence-corrected chi connectivity index (χ0v) is 12.0. The van der Waals surface area contributed by atoms with Gasteiger partial charge in [0.05, 0.1) is 26.6 Å². The van der Waals surface area contributed by atoms with Crippen LogP contribution in [-0.4, -0.2) is 55.5 Å². The lowest BCUT2D eigenvalue weighted by Crippen LogP contribution is -2.56. The first-order valence-corrected chi connectivity index (χ1v) is 6.97. The number of hydrogen-bond acceptors (Lipinski definition) is 6. The van der Waals surface area contributed by atoms with Crippen LogP contribution in [0, 0.1) is 5.92 Å². The summed E-state index contributed by atoms with van der Waals surface area (Å²) in [5.74, 6) is -0.318. The smallest absolute Gasteiger partial charge is 0.308 e. The number of Topliss-reactive ketones (excluding diaryl/α,β-unsaturated/α-hetero) is 1. The minimum absolute atomic E-state index is 0.0451. The highest BCUT2D eigenvalue weighted by molar-refractivity contribution is 5.81. The summed E-state index contributed by atoms with van der Waals surface area (Å²) in [6.45, 7) is 0.586. The molecule has 2 atom stereocenters. The summed E-state index contributed by atoms with van der Waals surface area (Å²) in [6, 6.07) is 0.0903. The molecular weight excluding hydrogens is 262 g/mol. The molecule has 2 aliphatic rings. The molecule has 0 aromatic carbocycles. The van der Waals surface area contributed by atoms with Crippen molar-refractivity contribution < 1.29 is 23.9 Å². The number of esters is 2.